The van der Waals surface area contributed by atoms with Crippen LogP contribution in [0.15, 0.2) is 12.7 Å². The number of hydrogen-bond acceptors (Lipinski definition) is 5. The molecule has 2 N–H and O–H groups in total. The van der Waals surface area contributed by atoms with Crippen molar-refractivity contribution in [1.29, 1.82) is 0 Å². The van der Waals surface area contributed by atoms with Gasteiger partial charge in [0.05, 0.1) is 23.2 Å². The Morgan fingerprint density at radius 3 is 2.54 bits per heavy atom. The number of aliphatic carboxylic acids is 1. The second-order valence-electron chi connectivity index (χ2n) is 9.23. The smallest absolute Gasteiger partial charge is 0.308 e. The number of amides is 2. The molecule has 0 aliphatic carbocycles. The summed E-state index contributed by atoms with van der Waals surface area (Å²) < 4.78 is -1.31. The molecule has 2 bridgehead atoms. The van der Waals surface area contributed by atoms with E-state index in [2.05, 4.69) is 6.58 Å². The predicted octanol–water partition coefficient (Wildman–Crippen LogP) is 1.36. The van der Waals surface area contributed by atoms with Gasteiger partial charge in [0.25, 0.3) is 0 Å². The van der Waals surface area contributed by atoms with Crippen molar-refractivity contribution in [3.63, 3.8) is 0 Å². The van der Waals surface area contributed by atoms with Gasteiger partial charge in [-0.15, -0.1) is 18.3 Å². The van der Waals surface area contributed by atoms with Gasteiger partial charge in [-0.2, -0.15) is 0 Å². The molecule has 28 heavy (non-hydrogen) atoms. The topological polar surface area (TPSA) is 98.2 Å². The molecule has 3 saturated heterocycles. The van der Waals surface area contributed by atoms with Crippen molar-refractivity contribution in [2.24, 2.45) is 11.8 Å². The minimum Gasteiger partial charge on any atom is -0.481 e. The Morgan fingerprint density at radius 1 is 1.39 bits per heavy atom. The second kappa shape index (κ2) is 6.76. The van der Waals surface area contributed by atoms with Gasteiger partial charge < -0.3 is 20.0 Å². The van der Waals surface area contributed by atoms with E-state index in [-0.39, 0.29) is 25.0 Å². The quantitative estimate of drug-likeness (QED) is 0.642. The third-order valence-electron chi connectivity index (χ3n) is 6.50. The van der Waals surface area contributed by atoms with Crippen LogP contribution >= 0.6 is 11.8 Å². The second-order valence-corrected chi connectivity index (χ2v) is 11.1. The summed E-state index contributed by atoms with van der Waals surface area (Å²) in [6.07, 6.45) is 2.94. The zero-order chi connectivity index (χ0) is 21.1. The maximum Gasteiger partial charge on any atom is 0.308 e. The number of aliphatic hydroxyl groups is 1. The van der Waals surface area contributed by atoms with Crippen LogP contribution in [0.5, 0.6) is 0 Å². The Hall–Kier alpha value is -1.54. The fraction of sp³-hybridized carbons (Fsp3) is 0.750. The van der Waals surface area contributed by atoms with Gasteiger partial charge in [0.15, 0.2) is 0 Å². The molecule has 0 radical (unpaired) electrons. The summed E-state index contributed by atoms with van der Waals surface area (Å²) in [7, 11) is 0. The standard InChI is InChI=1S/C20H30N2O5S/c1-6-9-22(18(2,3)4)16(25)14-20-8-7-19(5,28-20)13(17(26)27)12(20)15(24)21(14)10-11-23/h6,12-14,23H,1,7-11H2,2-5H3,(H,26,27)/t12-,13-,14?,19+,20?/m0/s1. The molecule has 0 saturated carbocycles. The first-order valence-electron chi connectivity index (χ1n) is 9.71. The minimum absolute atomic E-state index is 0.0309. The van der Waals surface area contributed by atoms with Crippen molar-refractivity contribution in [1.82, 2.24) is 9.80 Å². The first kappa shape index (κ1) is 21.2. The number of nitrogens with zero attached hydrogens (tertiary/aromatic N) is 2. The zero-order valence-electron chi connectivity index (χ0n) is 17.0. The Balaban J connectivity index is 2.11. The number of aliphatic hydroxyl groups excluding tert-OH is 1. The number of carboxylic acid groups (broad SMARTS) is 1. The van der Waals surface area contributed by atoms with Crippen LogP contribution in [-0.2, 0) is 14.4 Å². The normalized spacial score (nSPS) is 36.5. The highest BCUT2D eigenvalue weighted by atomic mass is 32.2. The Bertz CT molecular complexity index is 720. The molecule has 2 unspecified atom stereocenters. The van der Waals surface area contributed by atoms with Gasteiger partial charge in [-0.05, 0) is 40.5 Å². The van der Waals surface area contributed by atoms with E-state index in [1.165, 1.54) is 16.7 Å². The highest BCUT2D eigenvalue weighted by Crippen LogP contribution is 2.71. The molecule has 156 valence electrons. The molecule has 0 aromatic rings. The van der Waals surface area contributed by atoms with E-state index in [0.717, 1.165) is 0 Å². The third-order valence-corrected chi connectivity index (χ3v) is 8.49. The molecule has 1 spiro atoms. The highest BCUT2D eigenvalue weighted by molar-refractivity contribution is 8.02. The molecule has 3 rings (SSSR count). The Kier molecular flexibility index (Phi) is 5.11. The molecular formula is C20H30N2O5S. The van der Waals surface area contributed by atoms with Gasteiger partial charge in [-0.3, -0.25) is 14.4 Å². The summed E-state index contributed by atoms with van der Waals surface area (Å²) in [5.74, 6) is -3.05. The van der Waals surface area contributed by atoms with Crippen molar-refractivity contribution in [3.8, 4) is 0 Å². The van der Waals surface area contributed by atoms with E-state index in [0.29, 0.717) is 19.4 Å². The zero-order valence-corrected chi connectivity index (χ0v) is 17.8. The number of β-amino-alcohol motifs (C(OH)–C–C–N with tert-alkyl or cyclic N) is 1. The van der Waals surface area contributed by atoms with Gasteiger partial charge in [-0.1, -0.05) is 6.08 Å². The van der Waals surface area contributed by atoms with Gasteiger partial charge >= 0.3 is 5.97 Å². The van der Waals surface area contributed by atoms with Crippen LogP contribution in [0.1, 0.15) is 40.5 Å². The first-order valence-corrected chi connectivity index (χ1v) is 10.5. The van der Waals surface area contributed by atoms with Crippen molar-refractivity contribution in [3.05, 3.63) is 12.7 Å². The molecule has 0 aromatic carbocycles. The van der Waals surface area contributed by atoms with Gasteiger partial charge in [0.1, 0.15) is 6.04 Å². The lowest BCUT2D eigenvalue weighted by molar-refractivity contribution is -0.150. The van der Waals surface area contributed by atoms with E-state index in [1.54, 1.807) is 11.0 Å². The average Bonchev–Trinajstić information content (AvgIpc) is 3.13. The van der Waals surface area contributed by atoms with Gasteiger partial charge in [-0.25, -0.2) is 0 Å². The summed E-state index contributed by atoms with van der Waals surface area (Å²) in [6, 6.07) is -0.771. The van der Waals surface area contributed by atoms with Crippen LogP contribution in [0, 0.1) is 11.8 Å². The van der Waals surface area contributed by atoms with Gasteiger partial charge in [0.2, 0.25) is 11.8 Å². The lowest BCUT2D eigenvalue weighted by Gasteiger charge is -2.42. The van der Waals surface area contributed by atoms with Crippen LogP contribution in [0.25, 0.3) is 0 Å². The van der Waals surface area contributed by atoms with E-state index in [9.17, 15) is 24.6 Å². The molecular weight excluding hydrogens is 380 g/mol. The average molecular weight is 411 g/mol. The van der Waals surface area contributed by atoms with Crippen LogP contribution < -0.4 is 0 Å². The molecule has 3 heterocycles. The molecule has 8 heteroatoms. The fourth-order valence-corrected chi connectivity index (χ4v) is 7.74. The number of carboxylic acids is 1. The summed E-state index contributed by atoms with van der Waals surface area (Å²) >= 11 is 1.51. The summed E-state index contributed by atoms with van der Waals surface area (Å²) in [6.45, 7) is 11.5. The lowest BCUT2D eigenvalue weighted by atomic mass is 9.66. The number of fused-ring (bicyclic) bond motifs is 1. The number of carbonyl (C=O) groups excluding carboxylic acids is 2. The van der Waals surface area contributed by atoms with E-state index in [1.807, 2.05) is 27.7 Å². The lowest BCUT2D eigenvalue weighted by Crippen LogP contribution is -2.59. The third kappa shape index (κ3) is 2.79. The van der Waals surface area contributed by atoms with Crippen LogP contribution in [0.4, 0.5) is 0 Å². The maximum absolute atomic E-state index is 13.8. The summed E-state index contributed by atoms with van der Waals surface area (Å²) in [4.78, 5) is 42.3. The Labute approximate surface area is 170 Å². The number of hydrogen-bond donors (Lipinski definition) is 2. The first-order chi connectivity index (χ1) is 12.9. The van der Waals surface area contributed by atoms with Crippen molar-refractivity contribution in [2.45, 2.75) is 61.6 Å². The van der Waals surface area contributed by atoms with Gasteiger partial charge in [0, 0.05) is 23.4 Å². The molecule has 3 fully saturated rings. The van der Waals surface area contributed by atoms with E-state index >= 15 is 0 Å². The van der Waals surface area contributed by atoms with Crippen molar-refractivity contribution >= 4 is 29.5 Å². The number of carbonyl (C=O) groups is 3. The molecule has 0 aromatic heterocycles. The SMILES string of the molecule is C=CCN(C(=O)C1N(CCO)C(=O)[C@@H]2[C@@H](C(=O)O)[C@@]3(C)CCC12S3)C(C)(C)C. The number of likely N-dealkylation sites (tertiary alicyclic amines) is 1. The molecule has 3 aliphatic rings. The number of thioether (sulfide) groups is 1. The largest absolute Gasteiger partial charge is 0.481 e. The Morgan fingerprint density at radius 2 is 2.04 bits per heavy atom. The van der Waals surface area contributed by atoms with E-state index in [4.69, 9.17) is 0 Å². The highest BCUT2D eigenvalue weighted by Gasteiger charge is 2.77. The van der Waals surface area contributed by atoms with E-state index < -0.39 is 38.9 Å². The summed E-state index contributed by atoms with van der Waals surface area (Å²) in [5, 5.41) is 19.4. The number of rotatable bonds is 6. The van der Waals surface area contributed by atoms with Crippen LogP contribution in [-0.4, -0.2) is 78.6 Å². The van der Waals surface area contributed by atoms with Crippen molar-refractivity contribution in [2.75, 3.05) is 19.7 Å². The monoisotopic (exact) mass is 410 g/mol. The predicted molar refractivity (Wildman–Crippen MR) is 107 cm³/mol. The summed E-state index contributed by atoms with van der Waals surface area (Å²) in [5.41, 5.74) is -0.481. The fourth-order valence-electron chi connectivity index (χ4n) is 5.40. The molecule has 2 amide bonds. The molecule has 5 atom stereocenters. The molecule has 7 nitrogen and oxygen atoms in total. The van der Waals surface area contributed by atoms with Crippen LogP contribution in [0.3, 0.4) is 0 Å². The maximum atomic E-state index is 13.8. The van der Waals surface area contributed by atoms with Crippen molar-refractivity contribution < 1.29 is 24.6 Å². The minimum atomic E-state index is -0.981. The molecule has 3 aliphatic heterocycles. The van der Waals surface area contributed by atoms with Crippen LogP contribution in [0.2, 0.25) is 0 Å².